The van der Waals surface area contributed by atoms with Crippen molar-refractivity contribution >= 4 is 92.1 Å². The highest BCUT2D eigenvalue weighted by molar-refractivity contribution is 5.94. The Hall–Kier alpha value is -14.2. The largest absolute Gasteiger partial charge is 0.369 e. The summed E-state index contributed by atoms with van der Waals surface area (Å²) in [7, 11) is 0. The van der Waals surface area contributed by atoms with Gasteiger partial charge in [-0.15, -0.1) is 0 Å². The van der Waals surface area contributed by atoms with Gasteiger partial charge in [0.1, 0.15) is 29.9 Å². The van der Waals surface area contributed by atoms with Crippen LogP contribution >= 0.6 is 0 Å². The normalized spacial score (nSPS) is 11.3. The number of rotatable bonds is 32. The summed E-state index contributed by atoms with van der Waals surface area (Å²) in [5.41, 5.74) is 26.2. The van der Waals surface area contributed by atoms with E-state index in [9.17, 15) is 19.2 Å². The molecule has 23 nitrogen and oxygen atoms in total. The van der Waals surface area contributed by atoms with E-state index in [1.807, 2.05) is 146 Å². The van der Waals surface area contributed by atoms with Gasteiger partial charge in [-0.25, -0.2) is 41.9 Å². The van der Waals surface area contributed by atoms with Crippen LogP contribution in [-0.2, 0) is 121 Å². The van der Waals surface area contributed by atoms with Crippen molar-refractivity contribution in [3.05, 3.63) is 382 Å². The molecule has 4 amide bonds. The van der Waals surface area contributed by atoms with Gasteiger partial charge < -0.3 is 23.0 Å². The number of benzene rings is 9. The van der Waals surface area contributed by atoms with Crippen LogP contribution in [0, 0.1) is 5.92 Å². The number of pyridine rings is 2. The zero-order valence-corrected chi connectivity index (χ0v) is 67.6. The zero-order valence-electron chi connectivity index (χ0n) is 67.6. The van der Waals surface area contributed by atoms with Gasteiger partial charge in [-0.2, -0.15) is 0 Å². The third kappa shape index (κ3) is 25.9. The second-order valence-corrected chi connectivity index (χ2v) is 29.2. The van der Waals surface area contributed by atoms with Crippen LogP contribution in [0.15, 0.2) is 298 Å². The maximum atomic E-state index is 11.3. The van der Waals surface area contributed by atoms with Crippen molar-refractivity contribution in [2.75, 3.05) is 0 Å². The molecular weight excluding hydrogens is 1520 g/mol. The molecule has 0 aliphatic carbocycles. The molecular formula is C98H98N14O9. The Bertz CT molecular complexity index is 5780. The van der Waals surface area contributed by atoms with Crippen molar-refractivity contribution < 1.29 is 44.7 Å². The lowest BCUT2D eigenvalue weighted by molar-refractivity contribution is -0.124. The van der Waals surface area contributed by atoms with Crippen LogP contribution in [0.2, 0.25) is 0 Å². The molecule has 0 saturated heterocycles. The number of amides is 4. The molecule has 23 heteroatoms. The molecule has 15 aromatic rings. The number of ether oxygens (including phenoxy) is 1. The Morgan fingerprint density at radius 3 is 0.917 bits per heavy atom. The van der Waals surface area contributed by atoms with Gasteiger partial charge in [0.2, 0.25) is 0 Å². The van der Waals surface area contributed by atoms with Gasteiger partial charge >= 0.3 is 0 Å². The Balaban J connectivity index is 0.000000148. The second kappa shape index (κ2) is 44.9. The molecule has 614 valence electrons. The van der Waals surface area contributed by atoms with E-state index in [2.05, 4.69) is 157 Å². The predicted molar refractivity (Wildman–Crippen MR) is 472 cm³/mol. The molecule has 0 bridgehead atoms. The van der Waals surface area contributed by atoms with Crippen molar-refractivity contribution in [1.82, 2.24) is 70.1 Å². The number of imidazole rings is 4. The van der Waals surface area contributed by atoms with Crippen LogP contribution in [0.4, 0.5) is 0 Å². The van der Waals surface area contributed by atoms with Gasteiger partial charge in [0.25, 0.3) is 23.6 Å². The number of aromatic nitrogens is 10. The zero-order chi connectivity index (χ0) is 84.3. The van der Waals surface area contributed by atoms with Gasteiger partial charge in [-0.05, 0) is 191 Å². The standard InChI is InChI=1S/C26H25N3O2.C25H24N4O3.C25H24N4O2.C22H25N3O2/c30-26(28-31)16-13-22-11-14-24-23(19-22)27-25(15-12-20-7-3-1-4-8-20)29(24)18-17-21-9-5-2-6-10-21;30-25(28-31)11-9-19-8-10-23-22(15-19)27-24(18-32-17-21-5-2-1-3-6-21)29(23)14-12-20-7-4-13-26-16-20;30-25(28-31)13-10-20-8-11-23-22(17-20)27-24(12-9-19-5-2-1-3-6-19)29(23)16-14-21-7-4-15-26-18-21;1-16(2)14-21-23-19-15-18(9-11-22(26)24-27)8-10-20(19)25(21)13-12-17-6-4-3-5-7-17/h1-11,13-14,16,19,31H,12,15,17-18H2,(H,28,30);1-11,13,15-16,31H,12,14,17-18H2,(H,28,30);1-8,10-11,13,15,17-18,31H,9,12,14,16H2,(H,28,30);3-11,15-16,27H,12-14H2,1-2H3,(H,24,26)/b16-13+;11-9+;13-10+;11-9+. The lowest BCUT2D eigenvalue weighted by atomic mass is 10.1. The fourth-order valence-electron chi connectivity index (χ4n) is 14.0. The van der Waals surface area contributed by atoms with Crippen LogP contribution in [-0.4, -0.2) is 92.6 Å². The van der Waals surface area contributed by atoms with Crippen molar-refractivity contribution in [2.24, 2.45) is 5.92 Å². The second-order valence-electron chi connectivity index (χ2n) is 29.2. The van der Waals surface area contributed by atoms with Crippen LogP contribution in [0.1, 0.15) is 98.3 Å². The lowest BCUT2D eigenvalue weighted by Gasteiger charge is -2.11. The quantitative estimate of drug-likeness (QED) is 0.0110. The van der Waals surface area contributed by atoms with Gasteiger partial charge in [0, 0.05) is 94.5 Å². The average Bonchev–Trinajstić information content (AvgIpc) is 1.68. The minimum atomic E-state index is -0.581. The van der Waals surface area contributed by atoms with E-state index in [1.54, 1.807) is 58.6 Å². The third-order valence-corrected chi connectivity index (χ3v) is 20.1. The third-order valence-electron chi connectivity index (χ3n) is 20.1. The fourth-order valence-corrected chi connectivity index (χ4v) is 14.0. The number of carbonyl (C=O) groups is 4. The van der Waals surface area contributed by atoms with Crippen molar-refractivity contribution in [2.45, 2.75) is 111 Å². The Kier molecular flexibility index (Phi) is 32.0. The molecule has 0 radical (unpaired) electrons. The molecule has 9 aromatic carbocycles. The number of carbonyl (C=O) groups excluding carboxylic acids is 4. The maximum absolute atomic E-state index is 11.3. The summed E-state index contributed by atoms with van der Waals surface area (Å²) < 4.78 is 15.0. The Labute approximate surface area is 702 Å². The highest BCUT2D eigenvalue weighted by Crippen LogP contribution is 2.27. The smallest absolute Gasteiger partial charge is 0.267 e. The van der Waals surface area contributed by atoms with E-state index in [0.717, 1.165) is 185 Å². The first-order valence-corrected chi connectivity index (χ1v) is 40.3. The van der Waals surface area contributed by atoms with Crippen LogP contribution in [0.25, 0.3) is 68.4 Å². The topological polar surface area (TPSA) is 304 Å². The van der Waals surface area contributed by atoms with E-state index >= 15 is 0 Å². The summed E-state index contributed by atoms with van der Waals surface area (Å²) in [4.78, 5) is 72.9. The number of nitrogens with one attached hydrogen (secondary N) is 4. The fraction of sp³-hybridized carbons (Fsp3) is 0.184. The molecule has 0 aliphatic rings. The van der Waals surface area contributed by atoms with Gasteiger partial charge in [-0.3, -0.25) is 50.0 Å². The first kappa shape index (κ1) is 86.1. The van der Waals surface area contributed by atoms with Gasteiger partial charge in [0.15, 0.2) is 0 Å². The molecule has 6 heterocycles. The van der Waals surface area contributed by atoms with E-state index < -0.39 is 23.6 Å². The summed E-state index contributed by atoms with van der Waals surface area (Å²) in [5, 5.41) is 34.6. The van der Waals surface area contributed by atoms with E-state index in [0.29, 0.717) is 19.1 Å². The first-order valence-electron chi connectivity index (χ1n) is 40.3. The lowest BCUT2D eigenvalue weighted by Crippen LogP contribution is -2.14. The van der Waals surface area contributed by atoms with Crippen molar-refractivity contribution in [1.29, 1.82) is 0 Å². The highest BCUT2D eigenvalue weighted by atomic mass is 16.5. The Morgan fingerprint density at radius 1 is 0.322 bits per heavy atom. The SMILES string of the molecule is CC(C)Cc1nc2cc(/C=C/C(=O)NO)ccc2n1CCc1ccccc1.O=C(/C=C/c1ccc2c(c1)nc(CCc1ccccc1)n2CCc1ccccc1)NO.O=C(/C=C/c1ccc2c(c1)nc(CCc1ccccc1)n2CCc1cccnc1)NO.O=C(/C=C/c1ccc2c(c1)nc(COCc1ccccc1)n2CCc1cccnc1)NO. The minimum Gasteiger partial charge on any atom is -0.369 e. The maximum Gasteiger partial charge on any atom is 0.267 e. The molecule has 0 atom stereocenters. The van der Waals surface area contributed by atoms with Crippen LogP contribution in [0.5, 0.6) is 0 Å². The minimum absolute atomic E-state index is 0.384. The van der Waals surface area contributed by atoms with Gasteiger partial charge in [0.05, 0.1) is 50.7 Å². The molecule has 6 aromatic heterocycles. The number of hydroxylamine groups is 4. The van der Waals surface area contributed by atoms with E-state index in [-0.39, 0.29) is 0 Å². The summed E-state index contributed by atoms with van der Waals surface area (Å²) in [6.45, 7) is 8.58. The van der Waals surface area contributed by atoms with Gasteiger partial charge in [-0.1, -0.05) is 202 Å². The molecule has 0 spiro atoms. The number of nitrogens with zero attached hydrogens (tertiary/aromatic N) is 10. The summed E-state index contributed by atoms with van der Waals surface area (Å²) in [5.74, 6) is 2.29. The van der Waals surface area contributed by atoms with Crippen LogP contribution < -0.4 is 21.9 Å². The van der Waals surface area contributed by atoms with Crippen molar-refractivity contribution in [3.8, 4) is 0 Å². The average molecular weight is 1620 g/mol. The Morgan fingerprint density at radius 2 is 0.603 bits per heavy atom. The molecule has 121 heavy (non-hydrogen) atoms. The van der Waals surface area contributed by atoms with Crippen molar-refractivity contribution in [3.63, 3.8) is 0 Å². The van der Waals surface area contributed by atoms with E-state index in [1.165, 1.54) is 52.1 Å². The molecule has 0 saturated carbocycles. The number of aryl methyl sites for hydroxylation is 12. The molecule has 8 N–H and O–H groups in total. The number of hydrogen-bond acceptors (Lipinski definition) is 15. The summed E-state index contributed by atoms with van der Waals surface area (Å²) in [6.07, 6.45) is 27.1. The number of fused-ring (bicyclic) bond motifs is 4. The van der Waals surface area contributed by atoms with Crippen LogP contribution in [0.3, 0.4) is 0 Å². The van der Waals surface area contributed by atoms with E-state index in [4.69, 9.17) is 45.5 Å². The predicted octanol–water partition coefficient (Wildman–Crippen LogP) is 16.5. The molecule has 0 aliphatic heterocycles. The monoisotopic (exact) mass is 1610 g/mol. The molecule has 15 rings (SSSR count). The molecule has 0 fully saturated rings. The molecule has 0 unspecified atom stereocenters. The summed E-state index contributed by atoms with van der Waals surface area (Å²) >= 11 is 0. The first-order chi connectivity index (χ1) is 59.2. The summed E-state index contributed by atoms with van der Waals surface area (Å²) in [6, 6.07) is 83.6. The number of hydrogen-bond donors (Lipinski definition) is 8. The highest BCUT2D eigenvalue weighted by Gasteiger charge is 2.18.